The van der Waals surface area contributed by atoms with E-state index in [0.29, 0.717) is 12.1 Å². The summed E-state index contributed by atoms with van der Waals surface area (Å²) < 4.78 is 2.72. The van der Waals surface area contributed by atoms with Crippen LogP contribution >= 0.6 is 0 Å². The number of aryl methyl sites for hydroxylation is 1. The fourth-order valence-corrected chi connectivity index (χ4v) is 2.14. The Kier molecular flexibility index (Phi) is 6.98. The van der Waals surface area contributed by atoms with Crippen LogP contribution in [-0.2, 0) is 7.05 Å². The molecule has 6 heteroatoms. The molecule has 0 radical (unpaired) electrons. The third-order valence-corrected chi connectivity index (χ3v) is 3.42. The van der Waals surface area contributed by atoms with E-state index in [1.165, 1.54) is 12.6 Å². The first kappa shape index (κ1) is 18.1. The Bertz CT molecular complexity index is 521. The Morgan fingerprint density at radius 3 is 2.64 bits per heavy atom. The molecule has 0 fully saturated rings. The van der Waals surface area contributed by atoms with Gasteiger partial charge in [0, 0.05) is 12.6 Å². The fraction of sp³-hybridized carbons (Fsp3) is 0.562. The van der Waals surface area contributed by atoms with Crippen molar-refractivity contribution in [3.63, 3.8) is 0 Å². The summed E-state index contributed by atoms with van der Waals surface area (Å²) in [6, 6.07) is 3.47. The molecule has 1 aromatic heterocycles. The van der Waals surface area contributed by atoms with E-state index in [-0.39, 0.29) is 5.91 Å². The zero-order valence-corrected chi connectivity index (χ0v) is 14.0. The summed E-state index contributed by atoms with van der Waals surface area (Å²) in [5, 5.41) is 14.5. The highest BCUT2D eigenvalue weighted by atomic mass is 16.4. The number of pyridine rings is 1. The molecule has 1 rings (SSSR count). The fourth-order valence-electron chi connectivity index (χ4n) is 2.14. The molecule has 0 unspecified atom stereocenters. The number of unbranched alkanes of at least 4 members (excludes halogenated alkanes) is 2. The number of hydrogen-bond acceptors (Lipinski definition) is 3. The lowest BCUT2D eigenvalue weighted by atomic mass is 10.2. The zero-order chi connectivity index (χ0) is 16.6. The summed E-state index contributed by atoms with van der Waals surface area (Å²) in [6.07, 6.45) is 6.34. The van der Waals surface area contributed by atoms with Gasteiger partial charge >= 0.3 is 0 Å². The second-order valence-electron chi connectivity index (χ2n) is 6.53. The monoisotopic (exact) mass is 308 g/mol. The quantitative estimate of drug-likeness (QED) is 0.187. The molecular formula is C16H28N4O2+2. The maximum absolute atomic E-state index is 12.0. The molecule has 0 aliphatic heterocycles. The second kappa shape index (κ2) is 8.48. The van der Waals surface area contributed by atoms with E-state index in [1.54, 1.807) is 29.9 Å². The molecule has 6 nitrogen and oxygen atoms in total. The number of nitrogens with one attached hydrogen (secondary N) is 1. The third kappa shape index (κ3) is 6.67. The van der Waals surface area contributed by atoms with Crippen molar-refractivity contribution in [2.24, 2.45) is 12.2 Å². The van der Waals surface area contributed by atoms with Gasteiger partial charge < -0.3 is 15.0 Å². The van der Waals surface area contributed by atoms with Crippen molar-refractivity contribution in [1.29, 1.82) is 0 Å². The van der Waals surface area contributed by atoms with E-state index >= 15 is 0 Å². The molecule has 0 atom stereocenters. The van der Waals surface area contributed by atoms with Crippen molar-refractivity contribution in [1.82, 2.24) is 5.32 Å². The van der Waals surface area contributed by atoms with Crippen LogP contribution in [0.15, 0.2) is 23.5 Å². The predicted molar refractivity (Wildman–Crippen MR) is 86.1 cm³/mol. The lowest BCUT2D eigenvalue weighted by molar-refractivity contribution is -0.870. The van der Waals surface area contributed by atoms with E-state index in [2.05, 4.69) is 31.6 Å². The molecule has 0 saturated carbocycles. The standard InChI is InChI=1S/C16H26N4O2/c1-19-13-14(8-9-15(19)12-18-22)16(21)17-10-6-5-7-11-20(2,3)4/h8-9,12-13H,5-7,10-11H2,1-4H3/p+2. The predicted octanol–water partition coefficient (Wildman–Crippen LogP) is 0.926. The van der Waals surface area contributed by atoms with Crippen LogP contribution in [0.3, 0.4) is 0 Å². The van der Waals surface area contributed by atoms with Crippen LogP contribution in [0.2, 0.25) is 0 Å². The van der Waals surface area contributed by atoms with Crippen LogP contribution < -0.4 is 9.88 Å². The van der Waals surface area contributed by atoms with Crippen LogP contribution in [0.1, 0.15) is 35.3 Å². The average molecular weight is 308 g/mol. The SMILES string of the molecule is C[n+]1cc(C(=O)NCCCCC[N+](C)(C)C)ccc1/C=N/O. The molecular weight excluding hydrogens is 280 g/mol. The van der Waals surface area contributed by atoms with Crippen LogP contribution in [0.4, 0.5) is 0 Å². The van der Waals surface area contributed by atoms with Crippen LogP contribution in [0.5, 0.6) is 0 Å². The van der Waals surface area contributed by atoms with Crippen molar-refractivity contribution in [2.75, 3.05) is 34.2 Å². The van der Waals surface area contributed by atoms with Crippen molar-refractivity contribution >= 4 is 12.1 Å². The highest BCUT2D eigenvalue weighted by molar-refractivity contribution is 5.93. The van der Waals surface area contributed by atoms with Crippen LogP contribution in [0.25, 0.3) is 0 Å². The molecule has 0 aliphatic rings. The molecule has 0 bridgehead atoms. The van der Waals surface area contributed by atoms with Crippen LogP contribution in [0, 0.1) is 0 Å². The Morgan fingerprint density at radius 2 is 2.05 bits per heavy atom. The maximum Gasteiger partial charge on any atom is 0.257 e. The molecule has 22 heavy (non-hydrogen) atoms. The van der Waals surface area contributed by atoms with Crippen molar-refractivity contribution in [2.45, 2.75) is 19.3 Å². The van der Waals surface area contributed by atoms with E-state index < -0.39 is 0 Å². The highest BCUT2D eigenvalue weighted by Gasteiger charge is 2.12. The van der Waals surface area contributed by atoms with E-state index in [9.17, 15) is 4.79 Å². The van der Waals surface area contributed by atoms with Crippen LogP contribution in [-0.4, -0.2) is 56.0 Å². The average Bonchev–Trinajstić information content (AvgIpc) is 2.43. The first-order chi connectivity index (χ1) is 10.3. The van der Waals surface area contributed by atoms with Gasteiger partial charge in [-0.05, 0) is 25.3 Å². The summed E-state index contributed by atoms with van der Waals surface area (Å²) in [5.74, 6) is -0.0744. The van der Waals surface area contributed by atoms with E-state index in [1.807, 2.05) is 0 Å². The zero-order valence-electron chi connectivity index (χ0n) is 14.0. The van der Waals surface area contributed by atoms with Crippen molar-refractivity contribution < 1.29 is 19.1 Å². The van der Waals surface area contributed by atoms with Gasteiger partial charge in [0.05, 0.1) is 27.7 Å². The van der Waals surface area contributed by atoms with Gasteiger partial charge in [-0.15, -0.1) is 0 Å². The van der Waals surface area contributed by atoms with Crippen molar-refractivity contribution in [3.05, 3.63) is 29.6 Å². The first-order valence-electron chi connectivity index (χ1n) is 7.59. The van der Waals surface area contributed by atoms with Gasteiger partial charge in [0.2, 0.25) is 5.69 Å². The largest absolute Gasteiger partial charge is 0.411 e. The molecule has 0 aromatic carbocycles. The van der Waals surface area contributed by atoms with Gasteiger partial charge in [0.25, 0.3) is 5.91 Å². The Labute approximate surface area is 132 Å². The summed E-state index contributed by atoms with van der Waals surface area (Å²) in [5.41, 5.74) is 1.32. The minimum atomic E-state index is -0.0744. The number of rotatable bonds is 8. The summed E-state index contributed by atoms with van der Waals surface area (Å²) in [7, 11) is 8.37. The number of oxime groups is 1. The molecule has 0 saturated heterocycles. The topological polar surface area (TPSA) is 65.6 Å². The van der Waals surface area contributed by atoms with Crippen molar-refractivity contribution in [3.8, 4) is 0 Å². The van der Waals surface area contributed by atoms with Gasteiger partial charge in [-0.1, -0.05) is 5.16 Å². The number of carbonyl (C=O) groups is 1. The molecule has 1 amide bonds. The number of aromatic nitrogens is 1. The molecule has 1 heterocycles. The second-order valence-corrected chi connectivity index (χ2v) is 6.53. The van der Waals surface area contributed by atoms with Gasteiger partial charge in [-0.25, -0.2) is 0 Å². The Hall–Kier alpha value is -1.95. The number of amides is 1. The minimum absolute atomic E-state index is 0.0744. The number of carbonyl (C=O) groups excluding carboxylic acids is 1. The Balaban J connectivity index is 2.35. The van der Waals surface area contributed by atoms with Gasteiger partial charge in [-0.3, -0.25) is 4.79 Å². The lowest BCUT2D eigenvalue weighted by Crippen LogP contribution is -2.36. The number of quaternary nitrogens is 1. The molecule has 0 spiro atoms. The maximum atomic E-state index is 12.0. The summed E-state index contributed by atoms with van der Waals surface area (Å²) >= 11 is 0. The molecule has 0 aliphatic carbocycles. The molecule has 2 N–H and O–H groups in total. The number of nitrogens with zero attached hydrogens (tertiary/aromatic N) is 3. The normalized spacial score (nSPS) is 11.8. The first-order valence-corrected chi connectivity index (χ1v) is 7.59. The van der Waals surface area contributed by atoms with Gasteiger partial charge in [0.15, 0.2) is 6.20 Å². The lowest BCUT2D eigenvalue weighted by Gasteiger charge is -2.23. The van der Waals surface area contributed by atoms with E-state index in [4.69, 9.17) is 5.21 Å². The summed E-state index contributed by atoms with van der Waals surface area (Å²) in [4.78, 5) is 12.0. The number of hydrogen-bond donors (Lipinski definition) is 2. The molecule has 122 valence electrons. The minimum Gasteiger partial charge on any atom is -0.411 e. The van der Waals surface area contributed by atoms with Gasteiger partial charge in [0.1, 0.15) is 18.8 Å². The smallest absolute Gasteiger partial charge is 0.257 e. The molecule has 1 aromatic rings. The summed E-state index contributed by atoms with van der Waals surface area (Å²) in [6.45, 7) is 1.84. The van der Waals surface area contributed by atoms with Gasteiger partial charge in [-0.2, -0.15) is 4.57 Å². The third-order valence-electron chi connectivity index (χ3n) is 3.42. The highest BCUT2D eigenvalue weighted by Crippen LogP contribution is 2.01. The Morgan fingerprint density at radius 1 is 1.32 bits per heavy atom. The van der Waals surface area contributed by atoms with E-state index in [0.717, 1.165) is 29.6 Å².